The summed E-state index contributed by atoms with van der Waals surface area (Å²) in [6.07, 6.45) is 8.80. The van der Waals surface area contributed by atoms with Crippen LogP contribution in [0.15, 0.2) is 24.5 Å². The second kappa shape index (κ2) is 3.52. The first-order valence-electron chi connectivity index (χ1n) is 4.34. The molecule has 0 radical (unpaired) electrons. The Morgan fingerprint density at radius 1 is 1.57 bits per heavy atom. The van der Waals surface area contributed by atoms with Gasteiger partial charge in [-0.25, -0.2) is 4.98 Å². The lowest BCUT2D eigenvalue weighted by Gasteiger charge is -1.96. The van der Waals surface area contributed by atoms with Gasteiger partial charge in [-0.3, -0.25) is 0 Å². The van der Waals surface area contributed by atoms with Crippen molar-refractivity contribution in [2.24, 2.45) is 0 Å². The zero-order chi connectivity index (χ0) is 9.97. The van der Waals surface area contributed by atoms with Crippen molar-refractivity contribution in [3.8, 4) is 12.3 Å². The van der Waals surface area contributed by atoms with Gasteiger partial charge < -0.3 is 9.67 Å². The van der Waals surface area contributed by atoms with E-state index in [2.05, 4.69) is 10.9 Å². The molecule has 3 heteroatoms. The second-order valence-electron chi connectivity index (χ2n) is 3.02. The van der Waals surface area contributed by atoms with E-state index in [4.69, 9.17) is 11.5 Å². The smallest absolute Gasteiger partial charge is 0.141 e. The molecule has 2 aromatic heterocycles. The largest absolute Gasteiger partial charge is 0.392 e. The molecular weight excluding hydrogens is 176 g/mol. The standard InChI is InChI=1S/C11H10N2O/c1-2-6-13-7-9(8-14)10-4-3-5-12-11(10)13/h1,3-5,7,14H,6,8H2. The Labute approximate surface area is 82.0 Å². The molecule has 70 valence electrons. The molecular formula is C11H10N2O. The van der Waals surface area contributed by atoms with Crippen molar-refractivity contribution in [1.29, 1.82) is 0 Å². The molecule has 14 heavy (non-hydrogen) atoms. The normalized spacial score (nSPS) is 10.3. The predicted molar refractivity (Wildman–Crippen MR) is 54.5 cm³/mol. The fraction of sp³-hybridized carbons (Fsp3) is 0.182. The maximum Gasteiger partial charge on any atom is 0.141 e. The van der Waals surface area contributed by atoms with Gasteiger partial charge in [-0.1, -0.05) is 5.92 Å². The first-order valence-corrected chi connectivity index (χ1v) is 4.34. The number of nitrogens with zero attached hydrogens (tertiary/aromatic N) is 2. The van der Waals surface area contributed by atoms with Crippen molar-refractivity contribution in [2.75, 3.05) is 0 Å². The van der Waals surface area contributed by atoms with Gasteiger partial charge in [-0.05, 0) is 12.1 Å². The molecule has 0 fully saturated rings. The number of hydrogen-bond acceptors (Lipinski definition) is 2. The monoisotopic (exact) mass is 186 g/mol. The second-order valence-corrected chi connectivity index (χ2v) is 3.02. The van der Waals surface area contributed by atoms with Crippen LogP contribution in [0.2, 0.25) is 0 Å². The lowest BCUT2D eigenvalue weighted by Crippen LogP contribution is -1.93. The Morgan fingerprint density at radius 2 is 2.43 bits per heavy atom. The van der Waals surface area contributed by atoms with Crippen LogP contribution >= 0.6 is 0 Å². The molecule has 0 aliphatic carbocycles. The molecule has 2 aromatic rings. The summed E-state index contributed by atoms with van der Waals surface area (Å²) in [4.78, 5) is 4.22. The molecule has 0 bridgehead atoms. The minimum atomic E-state index is 0.0137. The highest BCUT2D eigenvalue weighted by atomic mass is 16.3. The van der Waals surface area contributed by atoms with E-state index in [0.29, 0.717) is 6.54 Å². The third kappa shape index (κ3) is 1.26. The Bertz CT molecular complexity index is 493. The van der Waals surface area contributed by atoms with Gasteiger partial charge in [-0.2, -0.15) is 0 Å². The first-order chi connectivity index (χ1) is 6.86. The van der Waals surface area contributed by atoms with Crippen molar-refractivity contribution in [3.63, 3.8) is 0 Å². The molecule has 2 heterocycles. The summed E-state index contributed by atoms with van der Waals surface area (Å²) in [6, 6.07) is 3.78. The number of aromatic nitrogens is 2. The number of aliphatic hydroxyl groups excluding tert-OH is 1. The summed E-state index contributed by atoms with van der Waals surface area (Å²) in [5.41, 5.74) is 1.69. The number of fused-ring (bicyclic) bond motifs is 1. The zero-order valence-corrected chi connectivity index (χ0v) is 7.64. The number of hydrogen-bond donors (Lipinski definition) is 1. The average Bonchev–Trinajstić information content (AvgIpc) is 2.58. The third-order valence-electron chi connectivity index (χ3n) is 2.15. The van der Waals surface area contributed by atoms with Crippen LogP contribution in [0.5, 0.6) is 0 Å². The molecule has 0 saturated carbocycles. The van der Waals surface area contributed by atoms with E-state index in [1.165, 1.54) is 0 Å². The topological polar surface area (TPSA) is 38.0 Å². The van der Waals surface area contributed by atoms with Crippen molar-refractivity contribution in [2.45, 2.75) is 13.2 Å². The lowest BCUT2D eigenvalue weighted by atomic mass is 10.2. The zero-order valence-electron chi connectivity index (χ0n) is 7.64. The van der Waals surface area contributed by atoms with Crippen molar-refractivity contribution in [3.05, 3.63) is 30.1 Å². The number of aliphatic hydroxyl groups is 1. The van der Waals surface area contributed by atoms with Crippen molar-refractivity contribution < 1.29 is 5.11 Å². The van der Waals surface area contributed by atoms with Crippen LogP contribution in [0.4, 0.5) is 0 Å². The molecule has 1 N–H and O–H groups in total. The number of rotatable bonds is 2. The van der Waals surface area contributed by atoms with Gasteiger partial charge in [0.05, 0.1) is 13.2 Å². The van der Waals surface area contributed by atoms with Gasteiger partial charge in [0.15, 0.2) is 0 Å². The van der Waals surface area contributed by atoms with Crippen LogP contribution in [-0.2, 0) is 13.2 Å². The Morgan fingerprint density at radius 3 is 3.14 bits per heavy atom. The molecule has 0 aliphatic heterocycles. The minimum absolute atomic E-state index is 0.0137. The summed E-state index contributed by atoms with van der Waals surface area (Å²) < 4.78 is 1.86. The molecule has 0 atom stereocenters. The SMILES string of the molecule is C#CCn1cc(CO)c2cccnc21. The van der Waals surface area contributed by atoms with Gasteiger partial charge in [0.1, 0.15) is 5.65 Å². The fourth-order valence-corrected chi connectivity index (χ4v) is 1.54. The van der Waals surface area contributed by atoms with Crippen LogP contribution in [0, 0.1) is 12.3 Å². The summed E-state index contributed by atoms with van der Waals surface area (Å²) in [6.45, 7) is 0.493. The highest BCUT2D eigenvalue weighted by Crippen LogP contribution is 2.18. The minimum Gasteiger partial charge on any atom is -0.392 e. The van der Waals surface area contributed by atoms with E-state index in [1.54, 1.807) is 6.20 Å². The Balaban J connectivity index is 2.68. The van der Waals surface area contributed by atoms with Crippen LogP contribution < -0.4 is 0 Å². The highest BCUT2D eigenvalue weighted by Gasteiger charge is 2.06. The van der Waals surface area contributed by atoms with E-state index < -0.39 is 0 Å². The Hall–Kier alpha value is -1.79. The molecule has 0 amide bonds. The van der Waals surface area contributed by atoms with Gasteiger partial charge in [0.2, 0.25) is 0 Å². The fourth-order valence-electron chi connectivity index (χ4n) is 1.54. The first kappa shape index (κ1) is 8.79. The van der Waals surface area contributed by atoms with Crippen molar-refractivity contribution >= 4 is 11.0 Å². The van der Waals surface area contributed by atoms with Gasteiger partial charge in [-0.15, -0.1) is 6.42 Å². The number of terminal acetylenes is 1. The molecule has 3 nitrogen and oxygen atoms in total. The van der Waals surface area contributed by atoms with E-state index in [9.17, 15) is 0 Å². The molecule has 0 saturated heterocycles. The van der Waals surface area contributed by atoms with Gasteiger partial charge >= 0.3 is 0 Å². The third-order valence-corrected chi connectivity index (χ3v) is 2.15. The molecule has 0 spiro atoms. The highest BCUT2D eigenvalue weighted by molar-refractivity contribution is 5.80. The van der Waals surface area contributed by atoms with Gasteiger partial charge in [0, 0.05) is 23.3 Å². The summed E-state index contributed by atoms with van der Waals surface area (Å²) >= 11 is 0. The van der Waals surface area contributed by atoms with Gasteiger partial charge in [0.25, 0.3) is 0 Å². The maximum absolute atomic E-state index is 9.12. The predicted octanol–water partition coefficient (Wildman–Crippen LogP) is 1.16. The van der Waals surface area contributed by atoms with E-state index >= 15 is 0 Å². The maximum atomic E-state index is 9.12. The van der Waals surface area contributed by atoms with E-state index in [0.717, 1.165) is 16.6 Å². The van der Waals surface area contributed by atoms with E-state index in [-0.39, 0.29) is 6.61 Å². The quantitative estimate of drug-likeness (QED) is 0.715. The average molecular weight is 186 g/mol. The van der Waals surface area contributed by atoms with Crippen LogP contribution in [0.1, 0.15) is 5.56 Å². The summed E-state index contributed by atoms with van der Waals surface area (Å²) in [5.74, 6) is 2.55. The summed E-state index contributed by atoms with van der Waals surface area (Å²) in [5, 5.41) is 10.1. The van der Waals surface area contributed by atoms with Crippen LogP contribution in [0.25, 0.3) is 11.0 Å². The lowest BCUT2D eigenvalue weighted by molar-refractivity contribution is 0.283. The van der Waals surface area contributed by atoms with Crippen LogP contribution in [-0.4, -0.2) is 14.7 Å². The van der Waals surface area contributed by atoms with Crippen LogP contribution in [0.3, 0.4) is 0 Å². The molecule has 0 unspecified atom stereocenters. The number of pyridine rings is 1. The van der Waals surface area contributed by atoms with E-state index in [1.807, 2.05) is 22.9 Å². The summed E-state index contributed by atoms with van der Waals surface area (Å²) in [7, 11) is 0. The molecule has 0 aromatic carbocycles. The molecule has 2 rings (SSSR count). The van der Waals surface area contributed by atoms with Crippen molar-refractivity contribution in [1.82, 2.24) is 9.55 Å². The Kier molecular flexibility index (Phi) is 2.21. The molecule has 0 aliphatic rings.